The van der Waals surface area contributed by atoms with E-state index in [1.807, 2.05) is 34.6 Å². The van der Waals surface area contributed by atoms with Crippen LogP contribution >= 0.6 is 0 Å². The third kappa shape index (κ3) is 8.24. The highest BCUT2D eigenvalue weighted by atomic mass is 16.6. The predicted octanol–water partition coefficient (Wildman–Crippen LogP) is 1.92. The molecule has 0 heterocycles. The number of nitrogens with one attached hydrogen (secondary N) is 1. The van der Waals surface area contributed by atoms with Gasteiger partial charge in [-0.1, -0.05) is 13.8 Å². The zero-order chi connectivity index (χ0) is 12.1. The van der Waals surface area contributed by atoms with E-state index in [0.29, 0.717) is 13.0 Å². The summed E-state index contributed by atoms with van der Waals surface area (Å²) in [4.78, 5) is 11.3. The lowest BCUT2D eigenvalue weighted by atomic mass is 9.90. The Labute approximate surface area is 92.0 Å². The van der Waals surface area contributed by atoms with Crippen LogP contribution in [0.1, 0.15) is 41.0 Å². The van der Waals surface area contributed by atoms with Crippen LogP contribution in [0.25, 0.3) is 0 Å². The molecule has 0 saturated carbocycles. The monoisotopic (exact) mass is 217 g/mol. The molecular formula is C11H23NO3. The maximum Gasteiger partial charge on any atom is 0.407 e. The first-order valence-electron chi connectivity index (χ1n) is 5.24. The zero-order valence-electron chi connectivity index (χ0n) is 10.4. The SMILES string of the molecule is CC(C)(CCO)CNC(=O)OC(C)(C)C. The summed E-state index contributed by atoms with van der Waals surface area (Å²) in [7, 11) is 0. The quantitative estimate of drug-likeness (QED) is 0.756. The van der Waals surface area contributed by atoms with E-state index in [0.717, 1.165) is 0 Å². The van der Waals surface area contributed by atoms with Gasteiger partial charge in [0.2, 0.25) is 0 Å². The van der Waals surface area contributed by atoms with Crippen molar-refractivity contribution in [2.45, 2.75) is 46.6 Å². The Bertz CT molecular complexity index is 206. The van der Waals surface area contributed by atoms with Crippen molar-refractivity contribution in [2.24, 2.45) is 5.41 Å². The van der Waals surface area contributed by atoms with E-state index in [2.05, 4.69) is 5.32 Å². The first-order valence-corrected chi connectivity index (χ1v) is 5.24. The molecule has 0 spiro atoms. The molecule has 0 aromatic heterocycles. The van der Waals surface area contributed by atoms with Crippen LogP contribution in [-0.2, 0) is 4.74 Å². The third-order valence-corrected chi connectivity index (χ3v) is 1.90. The minimum absolute atomic E-state index is 0.106. The average Bonchev–Trinajstić information content (AvgIpc) is 1.98. The van der Waals surface area contributed by atoms with E-state index in [9.17, 15) is 4.79 Å². The fraction of sp³-hybridized carbons (Fsp3) is 0.909. The molecule has 4 heteroatoms. The fourth-order valence-electron chi connectivity index (χ4n) is 1.02. The van der Waals surface area contributed by atoms with Crippen molar-refractivity contribution in [1.82, 2.24) is 5.32 Å². The molecule has 0 bridgehead atoms. The lowest BCUT2D eigenvalue weighted by molar-refractivity contribution is 0.0499. The number of amides is 1. The number of hydrogen-bond acceptors (Lipinski definition) is 3. The van der Waals surface area contributed by atoms with Crippen LogP contribution in [-0.4, -0.2) is 30.0 Å². The summed E-state index contributed by atoms with van der Waals surface area (Å²) in [5, 5.41) is 11.5. The van der Waals surface area contributed by atoms with E-state index in [4.69, 9.17) is 9.84 Å². The normalized spacial score (nSPS) is 12.4. The molecule has 0 aromatic carbocycles. The predicted molar refractivity (Wildman–Crippen MR) is 59.7 cm³/mol. The Hall–Kier alpha value is -0.770. The van der Waals surface area contributed by atoms with Gasteiger partial charge in [0.25, 0.3) is 0 Å². The van der Waals surface area contributed by atoms with Gasteiger partial charge in [-0.15, -0.1) is 0 Å². The molecule has 0 radical (unpaired) electrons. The average molecular weight is 217 g/mol. The van der Waals surface area contributed by atoms with Crippen LogP contribution in [0.15, 0.2) is 0 Å². The molecule has 90 valence electrons. The number of alkyl carbamates (subject to hydrolysis) is 1. The Kier molecular flexibility index (Phi) is 5.08. The number of carbonyl (C=O) groups excluding carboxylic acids is 1. The molecule has 0 atom stereocenters. The van der Waals surface area contributed by atoms with Gasteiger partial charge in [-0.2, -0.15) is 0 Å². The summed E-state index contributed by atoms with van der Waals surface area (Å²) >= 11 is 0. The van der Waals surface area contributed by atoms with Crippen LogP contribution in [0.5, 0.6) is 0 Å². The van der Waals surface area contributed by atoms with Gasteiger partial charge in [0.05, 0.1) is 0 Å². The highest BCUT2D eigenvalue weighted by Crippen LogP contribution is 2.18. The zero-order valence-corrected chi connectivity index (χ0v) is 10.4. The lowest BCUT2D eigenvalue weighted by Crippen LogP contribution is -2.38. The van der Waals surface area contributed by atoms with Crippen LogP contribution in [0.4, 0.5) is 4.79 Å². The number of rotatable bonds is 4. The van der Waals surface area contributed by atoms with Crippen LogP contribution in [0.3, 0.4) is 0 Å². The molecule has 0 fully saturated rings. The Morgan fingerprint density at radius 2 is 1.80 bits per heavy atom. The van der Waals surface area contributed by atoms with E-state index >= 15 is 0 Å². The van der Waals surface area contributed by atoms with Gasteiger partial charge in [0, 0.05) is 13.2 Å². The van der Waals surface area contributed by atoms with E-state index in [1.54, 1.807) is 0 Å². The standard InChI is InChI=1S/C11H23NO3/c1-10(2,3)15-9(14)12-8-11(4,5)6-7-13/h13H,6-8H2,1-5H3,(H,12,14). The number of hydrogen-bond donors (Lipinski definition) is 2. The van der Waals surface area contributed by atoms with E-state index < -0.39 is 11.7 Å². The summed E-state index contributed by atoms with van der Waals surface area (Å²) in [6, 6.07) is 0. The van der Waals surface area contributed by atoms with E-state index in [1.165, 1.54) is 0 Å². The molecule has 0 aliphatic carbocycles. The van der Waals surface area contributed by atoms with Gasteiger partial charge in [0.15, 0.2) is 0 Å². The summed E-state index contributed by atoms with van der Waals surface area (Å²) in [5.41, 5.74) is -0.573. The highest BCUT2D eigenvalue weighted by molar-refractivity contribution is 5.67. The Morgan fingerprint density at radius 1 is 1.27 bits per heavy atom. The first kappa shape index (κ1) is 14.2. The molecule has 4 nitrogen and oxygen atoms in total. The summed E-state index contributed by atoms with van der Waals surface area (Å²) in [5.74, 6) is 0. The van der Waals surface area contributed by atoms with Crippen molar-refractivity contribution in [1.29, 1.82) is 0 Å². The molecule has 2 N–H and O–H groups in total. The smallest absolute Gasteiger partial charge is 0.407 e. The Balaban J connectivity index is 3.90. The molecule has 0 aliphatic rings. The second-order valence-electron chi connectivity index (χ2n) is 5.49. The maximum atomic E-state index is 11.3. The number of ether oxygens (including phenoxy) is 1. The van der Waals surface area contributed by atoms with Crippen molar-refractivity contribution in [3.8, 4) is 0 Å². The topological polar surface area (TPSA) is 58.6 Å². The van der Waals surface area contributed by atoms with Crippen molar-refractivity contribution >= 4 is 6.09 Å². The number of carbonyl (C=O) groups is 1. The van der Waals surface area contributed by atoms with Gasteiger partial charge in [-0.3, -0.25) is 0 Å². The van der Waals surface area contributed by atoms with E-state index in [-0.39, 0.29) is 12.0 Å². The van der Waals surface area contributed by atoms with Crippen molar-refractivity contribution in [2.75, 3.05) is 13.2 Å². The fourth-order valence-corrected chi connectivity index (χ4v) is 1.02. The third-order valence-electron chi connectivity index (χ3n) is 1.90. The molecule has 0 saturated heterocycles. The largest absolute Gasteiger partial charge is 0.444 e. The number of aliphatic hydroxyl groups is 1. The molecule has 15 heavy (non-hydrogen) atoms. The molecular weight excluding hydrogens is 194 g/mol. The van der Waals surface area contributed by atoms with Gasteiger partial charge in [0.1, 0.15) is 5.60 Å². The first-order chi connectivity index (χ1) is 6.66. The van der Waals surface area contributed by atoms with Gasteiger partial charge in [-0.25, -0.2) is 4.79 Å². The van der Waals surface area contributed by atoms with Crippen molar-refractivity contribution in [3.63, 3.8) is 0 Å². The second-order valence-corrected chi connectivity index (χ2v) is 5.49. The van der Waals surface area contributed by atoms with Gasteiger partial charge in [-0.05, 0) is 32.6 Å². The summed E-state index contributed by atoms with van der Waals surface area (Å²) in [6.45, 7) is 10.1. The summed E-state index contributed by atoms with van der Waals surface area (Å²) in [6.07, 6.45) is 0.247. The lowest BCUT2D eigenvalue weighted by Gasteiger charge is -2.25. The van der Waals surface area contributed by atoms with Gasteiger partial charge >= 0.3 is 6.09 Å². The van der Waals surface area contributed by atoms with Crippen molar-refractivity contribution in [3.05, 3.63) is 0 Å². The molecule has 0 unspecified atom stereocenters. The maximum absolute atomic E-state index is 11.3. The van der Waals surface area contributed by atoms with Crippen LogP contribution in [0.2, 0.25) is 0 Å². The van der Waals surface area contributed by atoms with Crippen LogP contribution in [0, 0.1) is 5.41 Å². The molecule has 0 aliphatic heterocycles. The molecule has 0 aromatic rings. The summed E-state index contributed by atoms with van der Waals surface area (Å²) < 4.78 is 5.10. The van der Waals surface area contributed by atoms with Gasteiger partial charge < -0.3 is 15.2 Å². The van der Waals surface area contributed by atoms with Crippen molar-refractivity contribution < 1.29 is 14.6 Å². The van der Waals surface area contributed by atoms with Crippen LogP contribution < -0.4 is 5.32 Å². The molecule has 0 rings (SSSR count). The highest BCUT2D eigenvalue weighted by Gasteiger charge is 2.21. The minimum atomic E-state index is -0.467. The number of aliphatic hydroxyl groups excluding tert-OH is 1. The molecule has 1 amide bonds. The minimum Gasteiger partial charge on any atom is -0.444 e. The second kappa shape index (κ2) is 5.35. The Morgan fingerprint density at radius 3 is 2.20 bits per heavy atom.